The van der Waals surface area contributed by atoms with Gasteiger partial charge in [0.05, 0.1) is 12.9 Å². The van der Waals surface area contributed by atoms with Crippen LogP contribution in [0.1, 0.15) is 17.0 Å². The number of amides is 1. The zero-order valence-corrected chi connectivity index (χ0v) is 19.9. The van der Waals surface area contributed by atoms with Gasteiger partial charge >= 0.3 is 0 Å². The van der Waals surface area contributed by atoms with Crippen molar-refractivity contribution in [3.05, 3.63) is 75.6 Å². The number of hydrogen-bond donors (Lipinski definition) is 1. The SMILES string of the molecule is C=CCn1c(Cc2ccc(OC)cc2)nnc1SCC(=O)Nc1ccc(I)cc1C. The van der Waals surface area contributed by atoms with Gasteiger partial charge in [-0.05, 0) is 71.0 Å². The summed E-state index contributed by atoms with van der Waals surface area (Å²) in [6.45, 7) is 6.40. The van der Waals surface area contributed by atoms with Gasteiger partial charge in [0.1, 0.15) is 11.6 Å². The third-order valence-electron chi connectivity index (χ3n) is 4.42. The zero-order chi connectivity index (χ0) is 21.5. The van der Waals surface area contributed by atoms with Crippen LogP contribution in [0.2, 0.25) is 0 Å². The lowest BCUT2D eigenvalue weighted by atomic mass is 10.1. The van der Waals surface area contributed by atoms with Gasteiger partial charge in [-0.15, -0.1) is 16.8 Å². The number of hydrogen-bond acceptors (Lipinski definition) is 5. The molecular weight excluding hydrogens is 511 g/mol. The highest BCUT2D eigenvalue weighted by Gasteiger charge is 2.14. The number of allylic oxidation sites excluding steroid dienone is 1. The van der Waals surface area contributed by atoms with E-state index in [1.54, 1.807) is 13.2 Å². The lowest BCUT2D eigenvalue weighted by Gasteiger charge is -2.10. The maximum Gasteiger partial charge on any atom is 0.234 e. The lowest BCUT2D eigenvalue weighted by molar-refractivity contribution is -0.113. The van der Waals surface area contributed by atoms with Gasteiger partial charge < -0.3 is 14.6 Å². The van der Waals surface area contributed by atoms with Crippen LogP contribution in [0.5, 0.6) is 5.75 Å². The van der Waals surface area contributed by atoms with Gasteiger partial charge in [0.25, 0.3) is 0 Å². The first-order chi connectivity index (χ1) is 14.5. The second kappa shape index (κ2) is 10.6. The van der Waals surface area contributed by atoms with Gasteiger partial charge in [0, 0.05) is 22.2 Å². The number of methoxy groups -OCH3 is 1. The first-order valence-electron chi connectivity index (χ1n) is 9.35. The van der Waals surface area contributed by atoms with Gasteiger partial charge in [0.15, 0.2) is 5.16 Å². The quantitative estimate of drug-likeness (QED) is 0.245. The molecule has 1 heterocycles. The van der Waals surface area contributed by atoms with Crippen molar-refractivity contribution in [2.75, 3.05) is 18.2 Å². The van der Waals surface area contributed by atoms with E-state index < -0.39 is 0 Å². The van der Waals surface area contributed by atoms with Crippen LogP contribution in [-0.2, 0) is 17.8 Å². The molecule has 0 spiro atoms. The fraction of sp³-hybridized carbons (Fsp3) is 0.227. The molecule has 0 aliphatic heterocycles. The average molecular weight is 534 g/mol. The Labute approximate surface area is 194 Å². The molecule has 1 aromatic heterocycles. The number of benzene rings is 2. The third kappa shape index (κ3) is 5.85. The summed E-state index contributed by atoms with van der Waals surface area (Å²) in [5.41, 5.74) is 2.97. The second-order valence-corrected chi connectivity index (χ2v) is 8.81. The molecule has 0 bridgehead atoms. The summed E-state index contributed by atoms with van der Waals surface area (Å²) >= 11 is 3.62. The van der Waals surface area contributed by atoms with Gasteiger partial charge in [0.2, 0.25) is 5.91 Å². The monoisotopic (exact) mass is 534 g/mol. The molecule has 0 unspecified atom stereocenters. The summed E-state index contributed by atoms with van der Waals surface area (Å²) in [6, 6.07) is 13.8. The Morgan fingerprint density at radius 2 is 2.03 bits per heavy atom. The van der Waals surface area contributed by atoms with E-state index in [2.05, 4.69) is 44.7 Å². The first kappa shape index (κ1) is 22.4. The van der Waals surface area contributed by atoms with E-state index in [0.717, 1.165) is 32.0 Å². The second-order valence-electron chi connectivity index (χ2n) is 6.62. The van der Waals surface area contributed by atoms with Crippen molar-refractivity contribution in [1.29, 1.82) is 0 Å². The minimum Gasteiger partial charge on any atom is -0.497 e. The fourth-order valence-electron chi connectivity index (χ4n) is 2.88. The van der Waals surface area contributed by atoms with Crippen LogP contribution in [0.25, 0.3) is 0 Å². The van der Waals surface area contributed by atoms with Crippen LogP contribution in [0.4, 0.5) is 5.69 Å². The van der Waals surface area contributed by atoms with E-state index in [-0.39, 0.29) is 11.7 Å². The molecule has 0 aliphatic carbocycles. The van der Waals surface area contributed by atoms with Gasteiger partial charge in [-0.1, -0.05) is 30.0 Å². The molecule has 1 N–H and O–H groups in total. The van der Waals surface area contributed by atoms with Crippen molar-refractivity contribution in [2.24, 2.45) is 0 Å². The maximum atomic E-state index is 12.4. The maximum absolute atomic E-state index is 12.4. The topological polar surface area (TPSA) is 69.0 Å². The Bertz CT molecular complexity index is 1030. The fourth-order valence-corrected chi connectivity index (χ4v) is 4.29. The molecule has 156 valence electrons. The minimum absolute atomic E-state index is 0.0748. The van der Waals surface area contributed by atoms with Crippen molar-refractivity contribution < 1.29 is 9.53 Å². The number of thioether (sulfide) groups is 1. The summed E-state index contributed by atoms with van der Waals surface area (Å²) < 4.78 is 8.34. The Balaban J connectivity index is 1.66. The molecule has 2 aromatic carbocycles. The summed E-state index contributed by atoms with van der Waals surface area (Å²) in [7, 11) is 1.65. The van der Waals surface area contributed by atoms with Crippen molar-refractivity contribution in [3.63, 3.8) is 0 Å². The Hall–Kier alpha value is -2.33. The van der Waals surface area contributed by atoms with Crippen LogP contribution in [0.15, 0.2) is 60.3 Å². The van der Waals surface area contributed by atoms with Crippen LogP contribution < -0.4 is 10.1 Å². The van der Waals surface area contributed by atoms with Gasteiger partial charge in [-0.3, -0.25) is 4.79 Å². The number of rotatable bonds is 9. The largest absolute Gasteiger partial charge is 0.497 e. The van der Waals surface area contributed by atoms with Crippen LogP contribution >= 0.6 is 34.4 Å². The summed E-state index contributed by atoms with van der Waals surface area (Å²) in [5, 5.41) is 12.3. The normalized spacial score (nSPS) is 10.6. The number of nitrogens with zero attached hydrogens (tertiary/aromatic N) is 3. The summed E-state index contributed by atoms with van der Waals surface area (Å²) in [4.78, 5) is 12.4. The number of halogens is 1. The highest BCUT2D eigenvalue weighted by atomic mass is 127. The molecule has 3 aromatic rings. The highest BCUT2D eigenvalue weighted by Crippen LogP contribution is 2.22. The molecular formula is C22H23IN4O2S. The number of ether oxygens (including phenoxy) is 1. The van der Waals surface area contributed by atoms with E-state index >= 15 is 0 Å². The zero-order valence-electron chi connectivity index (χ0n) is 16.9. The summed E-state index contributed by atoms with van der Waals surface area (Å²) in [6.07, 6.45) is 2.44. The summed E-state index contributed by atoms with van der Waals surface area (Å²) in [5.74, 6) is 1.83. The molecule has 0 saturated carbocycles. The Morgan fingerprint density at radius 1 is 1.27 bits per heavy atom. The smallest absolute Gasteiger partial charge is 0.234 e. The molecule has 0 aliphatic rings. The van der Waals surface area contributed by atoms with Crippen LogP contribution in [0.3, 0.4) is 0 Å². The predicted octanol–water partition coefficient (Wildman–Crippen LogP) is 4.71. The number of nitrogens with one attached hydrogen (secondary N) is 1. The molecule has 1 amide bonds. The average Bonchev–Trinajstić information content (AvgIpc) is 3.11. The van der Waals surface area contributed by atoms with E-state index in [0.29, 0.717) is 18.1 Å². The Morgan fingerprint density at radius 3 is 2.70 bits per heavy atom. The standard InChI is InChI=1S/C22H23IN4O2S/c1-4-11-27-20(13-16-5-8-18(29-3)9-6-16)25-26-22(27)30-14-21(28)24-19-10-7-17(23)12-15(19)2/h4-10,12H,1,11,13-14H2,2-3H3,(H,24,28). The van der Waals surface area contributed by atoms with Crippen LogP contribution in [0, 0.1) is 10.5 Å². The molecule has 0 atom stereocenters. The van der Waals surface area contributed by atoms with Crippen molar-refractivity contribution >= 4 is 45.9 Å². The minimum atomic E-state index is -0.0748. The van der Waals surface area contributed by atoms with E-state index in [1.165, 1.54) is 11.8 Å². The number of carbonyl (C=O) groups excluding carboxylic acids is 1. The molecule has 8 heteroatoms. The van der Waals surface area contributed by atoms with Gasteiger partial charge in [-0.2, -0.15) is 0 Å². The number of carbonyl (C=O) groups is 1. The number of aromatic nitrogens is 3. The molecule has 30 heavy (non-hydrogen) atoms. The van der Waals surface area contributed by atoms with E-state index in [4.69, 9.17) is 4.74 Å². The lowest BCUT2D eigenvalue weighted by Crippen LogP contribution is -2.15. The Kier molecular flexibility index (Phi) is 7.92. The molecule has 6 nitrogen and oxygen atoms in total. The highest BCUT2D eigenvalue weighted by molar-refractivity contribution is 14.1. The molecule has 3 rings (SSSR count). The molecule has 0 radical (unpaired) electrons. The van der Waals surface area contributed by atoms with Crippen molar-refractivity contribution in [2.45, 2.75) is 25.0 Å². The van der Waals surface area contributed by atoms with Crippen LogP contribution in [-0.4, -0.2) is 33.5 Å². The number of anilines is 1. The van der Waals surface area contributed by atoms with Crippen molar-refractivity contribution in [3.8, 4) is 5.75 Å². The molecule has 0 fully saturated rings. The van der Waals surface area contributed by atoms with Crippen molar-refractivity contribution in [1.82, 2.24) is 14.8 Å². The predicted molar refractivity (Wildman–Crippen MR) is 129 cm³/mol. The van der Waals surface area contributed by atoms with E-state index in [9.17, 15) is 4.79 Å². The number of aryl methyl sites for hydroxylation is 1. The van der Waals surface area contributed by atoms with E-state index in [1.807, 2.05) is 54.0 Å². The first-order valence-corrected chi connectivity index (χ1v) is 11.4. The van der Waals surface area contributed by atoms with Gasteiger partial charge in [-0.25, -0.2) is 0 Å². The molecule has 0 saturated heterocycles. The third-order valence-corrected chi connectivity index (χ3v) is 6.06.